The van der Waals surface area contributed by atoms with Gasteiger partial charge in [0, 0.05) is 18.1 Å². The first-order valence-electron chi connectivity index (χ1n) is 5.11. The monoisotopic (exact) mass is 236 g/mol. The summed E-state index contributed by atoms with van der Waals surface area (Å²) in [7, 11) is 1.71. The van der Waals surface area contributed by atoms with Crippen molar-refractivity contribution in [1.82, 2.24) is 15.6 Å². The highest BCUT2D eigenvalue weighted by Gasteiger charge is 2.01. The van der Waals surface area contributed by atoms with Gasteiger partial charge in [0.25, 0.3) is 0 Å². The third kappa shape index (κ3) is 3.91. The number of nitrogens with one attached hydrogen (secondary N) is 2. The Bertz CT molecular complexity index is 389. The fourth-order valence-electron chi connectivity index (χ4n) is 1.11. The first-order valence-corrected chi connectivity index (χ1v) is 5.93. The number of guanidine groups is 1. The molecule has 86 valence electrons. The van der Waals surface area contributed by atoms with Gasteiger partial charge in [-0.2, -0.15) is 0 Å². The lowest BCUT2D eigenvalue weighted by molar-refractivity contribution is 0.844. The molecule has 0 bridgehead atoms. The lowest BCUT2D eigenvalue weighted by Crippen LogP contribution is -2.36. The number of aryl methyl sites for hydroxylation is 1. The lowest BCUT2D eigenvalue weighted by Gasteiger charge is -2.07. The molecule has 0 fully saturated rings. The summed E-state index contributed by atoms with van der Waals surface area (Å²) in [6.45, 7) is 3.27. The van der Waals surface area contributed by atoms with Gasteiger partial charge in [-0.1, -0.05) is 12.8 Å². The Morgan fingerprint density at radius 3 is 3.00 bits per heavy atom. The molecule has 0 atom stereocenters. The van der Waals surface area contributed by atoms with E-state index in [2.05, 4.69) is 33.5 Å². The molecule has 0 saturated heterocycles. The van der Waals surface area contributed by atoms with Gasteiger partial charge in [-0.05, 0) is 6.42 Å². The van der Waals surface area contributed by atoms with Crippen molar-refractivity contribution in [3.63, 3.8) is 0 Å². The Morgan fingerprint density at radius 2 is 2.44 bits per heavy atom. The SMILES string of the molecule is C#CCNC(=NC)NCc1ncc(CC)s1. The molecule has 0 unspecified atom stereocenters. The minimum atomic E-state index is 0.470. The van der Waals surface area contributed by atoms with Crippen LogP contribution in [0.3, 0.4) is 0 Å². The minimum absolute atomic E-state index is 0.470. The summed E-state index contributed by atoms with van der Waals surface area (Å²) in [6, 6.07) is 0. The molecule has 0 aliphatic heterocycles. The van der Waals surface area contributed by atoms with Gasteiger partial charge in [0.15, 0.2) is 5.96 Å². The third-order valence-corrected chi connectivity index (χ3v) is 3.08. The van der Waals surface area contributed by atoms with Crippen LogP contribution in [0.15, 0.2) is 11.2 Å². The van der Waals surface area contributed by atoms with Gasteiger partial charge in [0.05, 0.1) is 13.1 Å². The first kappa shape index (κ1) is 12.5. The largest absolute Gasteiger partial charge is 0.350 e. The van der Waals surface area contributed by atoms with Gasteiger partial charge >= 0.3 is 0 Å². The Labute approximate surface area is 100 Å². The molecule has 0 amide bonds. The maximum absolute atomic E-state index is 5.15. The second kappa shape index (κ2) is 6.85. The summed E-state index contributed by atoms with van der Waals surface area (Å²) < 4.78 is 0. The minimum Gasteiger partial charge on any atom is -0.350 e. The van der Waals surface area contributed by atoms with Crippen molar-refractivity contribution in [1.29, 1.82) is 0 Å². The van der Waals surface area contributed by atoms with E-state index in [1.54, 1.807) is 18.4 Å². The summed E-state index contributed by atoms with van der Waals surface area (Å²) >= 11 is 1.71. The second-order valence-corrected chi connectivity index (χ2v) is 4.26. The maximum Gasteiger partial charge on any atom is 0.192 e. The number of hydrogen-bond acceptors (Lipinski definition) is 3. The van der Waals surface area contributed by atoms with E-state index < -0.39 is 0 Å². The molecule has 5 heteroatoms. The Hall–Kier alpha value is -1.54. The van der Waals surface area contributed by atoms with Gasteiger partial charge in [0.1, 0.15) is 5.01 Å². The van der Waals surface area contributed by atoms with E-state index in [0.29, 0.717) is 19.0 Å². The smallest absolute Gasteiger partial charge is 0.192 e. The van der Waals surface area contributed by atoms with E-state index in [-0.39, 0.29) is 0 Å². The van der Waals surface area contributed by atoms with Crippen LogP contribution < -0.4 is 10.6 Å². The molecule has 0 saturated carbocycles. The third-order valence-electron chi connectivity index (χ3n) is 1.94. The van der Waals surface area contributed by atoms with E-state index in [9.17, 15) is 0 Å². The Balaban J connectivity index is 2.41. The van der Waals surface area contributed by atoms with E-state index >= 15 is 0 Å². The van der Waals surface area contributed by atoms with Crippen molar-refractivity contribution < 1.29 is 0 Å². The number of rotatable bonds is 4. The summed E-state index contributed by atoms with van der Waals surface area (Å²) in [5, 5.41) is 7.19. The van der Waals surface area contributed by atoms with Crippen LogP contribution in [-0.4, -0.2) is 24.5 Å². The van der Waals surface area contributed by atoms with Gasteiger partial charge < -0.3 is 10.6 Å². The van der Waals surface area contributed by atoms with Crippen LogP contribution in [0.1, 0.15) is 16.8 Å². The van der Waals surface area contributed by atoms with Crippen LogP contribution in [0.5, 0.6) is 0 Å². The predicted molar refractivity (Wildman–Crippen MR) is 68.5 cm³/mol. The van der Waals surface area contributed by atoms with Crippen LogP contribution in [0.25, 0.3) is 0 Å². The van der Waals surface area contributed by atoms with Crippen molar-refractivity contribution in [3.05, 3.63) is 16.1 Å². The van der Waals surface area contributed by atoms with Crippen LogP contribution in [0, 0.1) is 12.3 Å². The topological polar surface area (TPSA) is 49.3 Å². The molecule has 1 aromatic rings. The highest BCUT2D eigenvalue weighted by Crippen LogP contribution is 2.12. The quantitative estimate of drug-likeness (QED) is 0.466. The molecule has 0 spiro atoms. The van der Waals surface area contributed by atoms with E-state index in [0.717, 1.165) is 11.4 Å². The second-order valence-electron chi connectivity index (χ2n) is 3.06. The van der Waals surface area contributed by atoms with Gasteiger partial charge in [-0.25, -0.2) is 4.98 Å². The van der Waals surface area contributed by atoms with Gasteiger partial charge in [0.2, 0.25) is 0 Å². The zero-order valence-corrected chi connectivity index (χ0v) is 10.4. The molecule has 4 nitrogen and oxygen atoms in total. The highest BCUT2D eigenvalue weighted by molar-refractivity contribution is 7.11. The molecular weight excluding hydrogens is 220 g/mol. The summed E-state index contributed by atoms with van der Waals surface area (Å²) in [5.41, 5.74) is 0. The molecule has 0 aromatic carbocycles. The van der Waals surface area contributed by atoms with Crippen LogP contribution in [0.4, 0.5) is 0 Å². The van der Waals surface area contributed by atoms with Crippen molar-refractivity contribution in [2.45, 2.75) is 19.9 Å². The Kier molecular flexibility index (Phi) is 5.37. The van der Waals surface area contributed by atoms with E-state index in [1.807, 2.05) is 6.20 Å². The number of aliphatic imine (C=N–C) groups is 1. The van der Waals surface area contributed by atoms with Gasteiger partial charge in [-0.3, -0.25) is 4.99 Å². The average molecular weight is 236 g/mol. The molecule has 0 radical (unpaired) electrons. The molecule has 16 heavy (non-hydrogen) atoms. The highest BCUT2D eigenvalue weighted by atomic mass is 32.1. The molecule has 0 aliphatic carbocycles. The maximum atomic E-state index is 5.15. The summed E-state index contributed by atoms with van der Waals surface area (Å²) in [4.78, 5) is 9.64. The number of hydrogen-bond donors (Lipinski definition) is 2. The van der Waals surface area contributed by atoms with Crippen molar-refractivity contribution in [2.24, 2.45) is 4.99 Å². The molecule has 1 aromatic heterocycles. The van der Waals surface area contributed by atoms with Crippen LogP contribution in [0.2, 0.25) is 0 Å². The average Bonchev–Trinajstić information content (AvgIpc) is 2.77. The standard InChI is InChI=1S/C11H16N4S/c1-4-6-13-11(12-3)15-8-10-14-7-9(5-2)16-10/h1,7H,5-6,8H2,2-3H3,(H2,12,13,15). The predicted octanol–water partition coefficient (Wildman–Crippen LogP) is 1.00. The Morgan fingerprint density at radius 1 is 1.62 bits per heavy atom. The van der Waals surface area contributed by atoms with Gasteiger partial charge in [-0.15, -0.1) is 17.8 Å². The zero-order valence-electron chi connectivity index (χ0n) is 9.58. The number of thiazole rings is 1. The fraction of sp³-hybridized carbons (Fsp3) is 0.455. The number of terminal acetylenes is 1. The van der Waals surface area contributed by atoms with Crippen LogP contribution in [-0.2, 0) is 13.0 Å². The summed E-state index contributed by atoms with van der Waals surface area (Å²) in [6.07, 6.45) is 8.10. The molecular formula is C11H16N4S. The summed E-state index contributed by atoms with van der Waals surface area (Å²) in [5.74, 6) is 3.20. The normalized spacial score (nSPS) is 10.9. The number of nitrogens with zero attached hydrogens (tertiary/aromatic N) is 2. The fourth-order valence-corrected chi connectivity index (χ4v) is 1.91. The van der Waals surface area contributed by atoms with E-state index in [1.165, 1.54) is 4.88 Å². The van der Waals surface area contributed by atoms with Crippen molar-refractivity contribution >= 4 is 17.3 Å². The van der Waals surface area contributed by atoms with E-state index in [4.69, 9.17) is 6.42 Å². The molecule has 0 aliphatic rings. The number of aromatic nitrogens is 1. The molecule has 2 N–H and O–H groups in total. The van der Waals surface area contributed by atoms with Crippen molar-refractivity contribution in [2.75, 3.05) is 13.6 Å². The van der Waals surface area contributed by atoms with Crippen LogP contribution >= 0.6 is 11.3 Å². The lowest BCUT2D eigenvalue weighted by atomic mass is 10.4. The first-order chi connectivity index (χ1) is 7.80. The molecule has 1 rings (SSSR count). The molecule has 1 heterocycles. The van der Waals surface area contributed by atoms with Crippen molar-refractivity contribution in [3.8, 4) is 12.3 Å². The zero-order chi connectivity index (χ0) is 11.8.